The van der Waals surface area contributed by atoms with Crippen molar-refractivity contribution in [1.82, 2.24) is 13.9 Å². The van der Waals surface area contributed by atoms with Crippen LogP contribution in [-0.2, 0) is 29.4 Å². The summed E-state index contributed by atoms with van der Waals surface area (Å²) in [4.78, 5) is 15.8. The van der Waals surface area contributed by atoms with E-state index >= 15 is 0 Å². The molecular weight excluding hydrogens is 316 g/mol. The molecule has 1 aromatic heterocycles. The average molecular weight is 336 g/mol. The Hall–Kier alpha value is -2.19. The first kappa shape index (κ1) is 17.2. The van der Waals surface area contributed by atoms with E-state index in [1.54, 1.807) is 31.6 Å². The number of aryl methyl sites for hydroxylation is 1. The van der Waals surface area contributed by atoms with Gasteiger partial charge in [0.05, 0.1) is 5.75 Å². The summed E-state index contributed by atoms with van der Waals surface area (Å²) < 4.78 is 26.3. The van der Waals surface area contributed by atoms with Crippen molar-refractivity contribution in [3.05, 3.63) is 58.1 Å². The van der Waals surface area contributed by atoms with E-state index in [1.165, 1.54) is 23.0 Å². The topological polar surface area (TPSA) is 84.3 Å². The number of anilines is 1. The number of nitrogens with one attached hydrogen (secondary N) is 1. The summed E-state index contributed by atoms with van der Waals surface area (Å²) in [5.41, 5.74) is 1.46. The lowest BCUT2D eigenvalue weighted by Crippen LogP contribution is -2.23. The van der Waals surface area contributed by atoms with Crippen LogP contribution in [0.5, 0.6) is 0 Å². The van der Waals surface area contributed by atoms with Crippen molar-refractivity contribution in [2.75, 3.05) is 19.4 Å². The van der Waals surface area contributed by atoms with Gasteiger partial charge >= 0.3 is 0 Å². The Morgan fingerprint density at radius 1 is 1.17 bits per heavy atom. The van der Waals surface area contributed by atoms with Crippen LogP contribution in [0.1, 0.15) is 11.1 Å². The first-order valence-electron chi connectivity index (χ1n) is 7.03. The van der Waals surface area contributed by atoms with E-state index in [-0.39, 0.29) is 17.1 Å². The van der Waals surface area contributed by atoms with Crippen molar-refractivity contribution < 1.29 is 8.42 Å². The molecule has 0 radical (unpaired) electrons. The molecule has 124 valence electrons. The number of hydrogen-bond donors (Lipinski definition) is 1. The maximum absolute atomic E-state index is 11.8. The number of hydrogen-bond acceptors (Lipinski definition) is 5. The molecule has 0 fully saturated rings. The largest absolute Gasteiger partial charge is 0.361 e. The average Bonchev–Trinajstić information content (AvgIpc) is 2.50. The van der Waals surface area contributed by atoms with Gasteiger partial charge in [-0.25, -0.2) is 17.7 Å². The molecule has 7 nitrogen and oxygen atoms in total. The van der Waals surface area contributed by atoms with Gasteiger partial charge in [0.15, 0.2) is 5.82 Å². The van der Waals surface area contributed by atoms with Gasteiger partial charge in [0.2, 0.25) is 10.0 Å². The van der Waals surface area contributed by atoms with Crippen LogP contribution in [0, 0.1) is 0 Å². The van der Waals surface area contributed by atoms with Gasteiger partial charge in [-0.15, -0.1) is 0 Å². The first-order valence-corrected chi connectivity index (χ1v) is 8.64. The van der Waals surface area contributed by atoms with Crippen molar-refractivity contribution in [2.45, 2.75) is 12.3 Å². The van der Waals surface area contributed by atoms with Crippen LogP contribution in [0.2, 0.25) is 0 Å². The van der Waals surface area contributed by atoms with Crippen LogP contribution in [0.4, 0.5) is 5.82 Å². The molecule has 0 bridgehead atoms. The predicted octanol–water partition coefficient (Wildman–Crippen LogP) is 0.784. The molecule has 1 N–H and O–H groups in total. The van der Waals surface area contributed by atoms with E-state index in [9.17, 15) is 13.2 Å². The molecule has 1 aromatic carbocycles. The summed E-state index contributed by atoms with van der Waals surface area (Å²) in [5, 5.41) is 2.99. The van der Waals surface area contributed by atoms with Gasteiger partial charge in [-0.3, -0.25) is 4.79 Å². The van der Waals surface area contributed by atoms with E-state index in [0.29, 0.717) is 6.54 Å². The Labute approximate surface area is 135 Å². The molecule has 1 heterocycles. The number of benzene rings is 1. The highest BCUT2D eigenvalue weighted by molar-refractivity contribution is 7.88. The first-order chi connectivity index (χ1) is 10.8. The zero-order chi connectivity index (χ0) is 17.0. The molecule has 0 aliphatic heterocycles. The highest BCUT2D eigenvalue weighted by Crippen LogP contribution is 2.11. The van der Waals surface area contributed by atoms with Crippen LogP contribution < -0.4 is 10.9 Å². The van der Waals surface area contributed by atoms with Gasteiger partial charge in [0.25, 0.3) is 5.56 Å². The third kappa shape index (κ3) is 4.40. The predicted molar refractivity (Wildman–Crippen MR) is 89.6 cm³/mol. The fourth-order valence-corrected chi connectivity index (χ4v) is 2.77. The summed E-state index contributed by atoms with van der Waals surface area (Å²) >= 11 is 0. The molecule has 8 heteroatoms. The Kier molecular flexibility index (Phi) is 5.17. The smallest absolute Gasteiger partial charge is 0.293 e. The molecule has 0 unspecified atom stereocenters. The molecule has 2 rings (SSSR count). The molecule has 0 amide bonds. The van der Waals surface area contributed by atoms with E-state index in [2.05, 4.69) is 10.3 Å². The summed E-state index contributed by atoms with van der Waals surface area (Å²) in [6, 6.07) is 7.21. The molecular formula is C15H20N4O3S. The fraction of sp³-hybridized carbons (Fsp3) is 0.333. The molecule has 0 aliphatic carbocycles. The maximum Gasteiger partial charge on any atom is 0.293 e. The van der Waals surface area contributed by atoms with Gasteiger partial charge in [0, 0.05) is 40.1 Å². The molecule has 2 aromatic rings. The van der Waals surface area contributed by atoms with E-state index in [4.69, 9.17) is 0 Å². The Bertz CT molecular complexity index is 827. The highest BCUT2D eigenvalue weighted by Gasteiger charge is 2.14. The second-order valence-corrected chi connectivity index (χ2v) is 7.58. The van der Waals surface area contributed by atoms with Crippen LogP contribution in [0.15, 0.2) is 41.5 Å². The monoisotopic (exact) mass is 336 g/mol. The summed E-state index contributed by atoms with van der Waals surface area (Å²) in [6.45, 7) is 0.437. The van der Waals surface area contributed by atoms with Gasteiger partial charge in [-0.2, -0.15) is 0 Å². The van der Waals surface area contributed by atoms with Crippen molar-refractivity contribution >= 4 is 15.8 Å². The minimum atomic E-state index is -3.27. The maximum atomic E-state index is 11.8. The summed E-state index contributed by atoms with van der Waals surface area (Å²) in [6.07, 6.45) is 3.15. The fourth-order valence-electron chi connectivity index (χ4n) is 1.90. The summed E-state index contributed by atoms with van der Waals surface area (Å²) in [5.74, 6) is 0.253. The van der Waals surface area contributed by atoms with Gasteiger partial charge in [-0.1, -0.05) is 24.3 Å². The number of aromatic nitrogens is 2. The van der Waals surface area contributed by atoms with Crippen LogP contribution in [0.3, 0.4) is 0 Å². The Balaban J connectivity index is 2.03. The molecule has 23 heavy (non-hydrogen) atoms. The molecule has 0 saturated carbocycles. The van der Waals surface area contributed by atoms with Crippen molar-refractivity contribution in [3.63, 3.8) is 0 Å². The van der Waals surface area contributed by atoms with Crippen LogP contribution in [-0.4, -0.2) is 36.4 Å². The van der Waals surface area contributed by atoms with Crippen LogP contribution in [0.25, 0.3) is 0 Å². The second-order valence-electron chi connectivity index (χ2n) is 5.40. The molecule has 0 saturated heterocycles. The van der Waals surface area contributed by atoms with Crippen molar-refractivity contribution in [3.8, 4) is 0 Å². The second kappa shape index (κ2) is 6.93. The van der Waals surface area contributed by atoms with Crippen molar-refractivity contribution in [1.29, 1.82) is 0 Å². The minimum Gasteiger partial charge on any atom is -0.361 e. The highest BCUT2D eigenvalue weighted by atomic mass is 32.2. The van der Waals surface area contributed by atoms with Crippen molar-refractivity contribution in [2.24, 2.45) is 7.05 Å². The minimum absolute atomic E-state index is 0.0332. The lowest BCUT2D eigenvalue weighted by Gasteiger charge is -2.11. The number of sulfonamides is 1. The Morgan fingerprint density at radius 3 is 2.39 bits per heavy atom. The van der Waals surface area contributed by atoms with Gasteiger partial charge in [-0.05, 0) is 11.1 Å². The summed E-state index contributed by atoms with van der Waals surface area (Å²) in [7, 11) is 1.43. The van der Waals surface area contributed by atoms with E-state index in [1.807, 2.05) is 12.1 Å². The lowest BCUT2D eigenvalue weighted by atomic mass is 10.1. The zero-order valence-electron chi connectivity index (χ0n) is 13.4. The van der Waals surface area contributed by atoms with Gasteiger partial charge in [0.1, 0.15) is 0 Å². The van der Waals surface area contributed by atoms with E-state index < -0.39 is 10.0 Å². The third-order valence-electron chi connectivity index (χ3n) is 3.41. The normalized spacial score (nSPS) is 11.7. The SMILES string of the molecule is CN(C)S(=O)(=O)Cc1ccc(CNc2nccn(C)c2=O)cc1. The number of rotatable bonds is 6. The zero-order valence-corrected chi connectivity index (χ0v) is 14.2. The van der Waals surface area contributed by atoms with Gasteiger partial charge < -0.3 is 9.88 Å². The van der Waals surface area contributed by atoms with E-state index in [0.717, 1.165) is 11.1 Å². The molecule has 0 atom stereocenters. The Morgan fingerprint density at radius 2 is 1.78 bits per heavy atom. The number of nitrogens with zero attached hydrogens (tertiary/aromatic N) is 3. The third-order valence-corrected chi connectivity index (χ3v) is 5.22. The molecule has 0 spiro atoms. The van der Waals surface area contributed by atoms with Crippen LogP contribution >= 0.6 is 0 Å². The standard InChI is InChI=1S/C15H20N4O3S/c1-18(2)23(21,22)11-13-6-4-12(5-7-13)10-17-14-15(20)19(3)9-8-16-14/h4-9H,10-11H2,1-3H3,(H,16,17). The lowest BCUT2D eigenvalue weighted by molar-refractivity contribution is 0.519. The molecule has 0 aliphatic rings. The quantitative estimate of drug-likeness (QED) is 0.843.